The van der Waals surface area contributed by atoms with Crippen LogP contribution in [-0.2, 0) is 0 Å². The van der Waals surface area contributed by atoms with Crippen LogP contribution >= 0.6 is 27.3 Å². The summed E-state index contributed by atoms with van der Waals surface area (Å²) in [5, 5.41) is 0. The highest BCUT2D eigenvalue weighted by molar-refractivity contribution is 9.11. The van der Waals surface area contributed by atoms with Crippen molar-refractivity contribution in [2.75, 3.05) is 6.54 Å². The molecule has 0 aliphatic rings. The lowest BCUT2D eigenvalue weighted by Crippen LogP contribution is -2.46. The van der Waals surface area contributed by atoms with E-state index < -0.39 is 0 Å². The van der Waals surface area contributed by atoms with Gasteiger partial charge in [-0.2, -0.15) is 0 Å². The summed E-state index contributed by atoms with van der Waals surface area (Å²) in [5.41, 5.74) is 6.35. The Kier molecular flexibility index (Phi) is 7.73. The van der Waals surface area contributed by atoms with Gasteiger partial charge in [0.15, 0.2) is 0 Å². The van der Waals surface area contributed by atoms with E-state index in [0.29, 0.717) is 18.0 Å². The van der Waals surface area contributed by atoms with E-state index in [1.165, 1.54) is 21.5 Å². The van der Waals surface area contributed by atoms with Crippen LogP contribution in [0.3, 0.4) is 0 Å². The monoisotopic (exact) mass is 360 g/mol. The Balaban J connectivity index is 3.10. The molecule has 1 aromatic heterocycles. The normalized spacial score (nSPS) is 15.3. The van der Waals surface area contributed by atoms with E-state index in [1.54, 1.807) is 0 Å². The third-order valence-corrected chi connectivity index (χ3v) is 5.42. The summed E-state index contributed by atoms with van der Waals surface area (Å²) in [6.45, 7) is 12.4. The maximum atomic E-state index is 6.35. The van der Waals surface area contributed by atoms with Gasteiger partial charge in [-0.1, -0.05) is 27.7 Å². The van der Waals surface area contributed by atoms with Crippen LogP contribution in [0.5, 0.6) is 0 Å². The first-order valence-corrected chi connectivity index (χ1v) is 9.28. The highest BCUT2D eigenvalue weighted by atomic mass is 79.9. The fourth-order valence-corrected chi connectivity index (χ4v) is 4.54. The molecule has 0 aliphatic heterocycles. The molecule has 1 aromatic rings. The minimum Gasteiger partial charge on any atom is -0.326 e. The molecule has 0 bridgehead atoms. The largest absolute Gasteiger partial charge is 0.326 e. The van der Waals surface area contributed by atoms with Crippen molar-refractivity contribution in [3.63, 3.8) is 0 Å². The molecule has 1 rings (SSSR count). The Hall–Kier alpha value is 0.1000. The Labute approximate surface area is 136 Å². The molecule has 4 heteroatoms. The summed E-state index contributed by atoms with van der Waals surface area (Å²) in [7, 11) is 0. The number of nitrogens with zero attached hydrogens (tertiary/aromatic N) is 1. The van der Waals surface area contributed by atoms with Crippen LogP contribution in [0.25, 0.3) is 0 Å². The summed E-state index contributed by atoms with van der Waals surface area (Å²) in [5.74, 6) is 0.653. The van der Waals surface area contributed by atoms with Crippen molar-refractivity contribution in [2.24, 2.45) is 11.7 Å². The third-order valence-electron chi connectivity index (χ3n) is 3.73. The van der Waals surface area contributed by atoms with Crippen molar-refractivity contribution in [1.82, 2.24) is 4.90 Å². The fraction of sp³-hybridized carbons (Fsp3) is 0.750. The molecule has 0 aromatic carbocycles. The molecule has 2 N–H and O–H groups in total. The topological polar surface area (TPSA) is 29.3 Å². The second kappa shape index (κ2) is 8.52. The maximum absolute atomic E-state index is 6.35. The van der Waals surface area contributed by atoms with E-state index >= 15 is 0 Å². The molecule has 0 aliphatic carbocycles. The average Bonchev–Trinajstić information content (AvgIpc) is 2.76. The molecule has 0 amide bonds. The molecular formula is C16H29BrN2S. The van der Waals surface area contributed by atoms with Crippen LogP contribution in [0, 0.1) is 5.92 Å². The van der Waals surface area contributed by atoms with Gasteiger partial charge in [-0.25, -0.2) is 0 Å². The molecule has 0 radical (unpaired) electrons. The lowest BCUT2D eigenvalue weighted by atomic mass is 9.99. The Morgan fingerprint density at radius 3 is 2.15 bits per heavy atom. The van der Waals surface area contributed by atoms with E-state index in [4.69, 9.17) is 5.73 Å². The summed E-state index contributed by atoms with van der Waals surface area (Å²) in [6.07, 6.45) is 2.36. The second-order valence-corrected chi connectivity index (χ2v) is 8.50. The molecular weight excluding hydrogens is 332 g/mol. The van der Waals surface area contributed by atoms with Gasteiger partial charge >= 0.3 is 0 Å². The van der Waals surface area contributed by atoms with Crippen molar-refractivity contribution in [3.8, 4) is 0 Å². The second-order valence-electron chi connectivity index (χ2n) is 6.01. The van der Waals surface area contributed by atoms with E-state index in [9.17, 15) is 0 Å². The van der Waals surface area contributed by atoms with Crippen LogP contribution in [0.1, 0.15) is 58.4 Å². The quantitative estimate of drug-likeness (QED) is 0.702. The molecule has 0 fully saturated rings. The number of nitrogens with two attached hydrogens (primary N) is 1. The van der Waals surface area contributed by atoms with Crippen LogP contribution in [0.2, 0.25) is 0 Å². The van der Waals surface area contributed by atoms with Crippen LogP contribution in [0.15, 0.2) is 15.9 Å². The highest BCUT2D eigenvalue weighted by Gasteiger charge is 2.30. The van der Waals surface area contributed by atoms with E-state index in [1.807, 2.05) is 11.3 Å². The number of hydrogen-bond acceptors (Lipinski definition) is 3. The standard InChI is InChI=1S/C16H29BrN2S/c1-6-13(7-2)19(10-11(3)4)16(12(5)18)14-8-9-15(17)20-14/h8-9,11-13,16H,6-7,10,18H2,1-5H3. The lowest BCUT2D eigenvalue weighted by Gasteiger charge is -2.40. The van der Waals surface area contributed by atoms with E-state index in [0.717, 1.165) is 6.54 Å². The summed E-state index contributed by atoms with van der Waals surface area (Å²) >= 11 is 5.39. The smallest absolute Gasteiger partial charge is 0.0702 e. The first-order valence-electron chi connectivity index (χ1n) is 7.67. The Morgan fingerprint density at radius 2 is 1.80 bits per heavy atom. The fourth-order valence-electron chi connectivity index (χ4n) is 2.88. The summed E-state index contributed by atoms with van der Waals surface area (Å²) < 4.78 is 1.19. The van der Waals surface area contributed by atoms with Gasteiger partial charge in [-0.3, -0.25) is 4.90 Å². The lowest BCUT2D eigenvalue weighted by molar-refractivity contribution is 0.0975. The van der Waals surface area contributed by atoms with Crippen molar-refractivity contribution in [3.05, 3.63) is 20.8 Å². The molecule has 20 heavy (non-hydrogen) atoms. The molecule has 2 unspecified atom stereocenters. The highest BCUT2D eigenvalue weighted by Crippen LogP contribution is 2.35. The van der Waals surface area contributed by atoms with Gasteiger partial charge < -0.3 is 5.73 Å². The average molecular weight is 361 g/mol. The minimum atomic E-state index is 0.139. The van der Waals surface area contributed by atoms with Gasteiger partial charge in [-0.05, 0) is 53.7 Å². The number of halogens is 1. The van der Waals surface area contributed by atoms with Gasteiger partial charge in [0.1, 0.15) is 0 Å². The molecule has 2 atom stereocenters. The predicted octanol–water partition coefficient (Wildman–Crippen LogP) is 5.05. The first kappa shape index (κ1) is 18.1. The zero-order valence-electron chi connectivity index (χ0n) is 13.4. The maximum Gasteiger partial charge on any atom is 0.0702 e. The molecule has 0 spiro atoms. The predicted molar refractivity (Wildman–Crippen MR) is 94.3 cm³/mol. The summed E-state index contributed by atoms with van der Waals surface area (Å²) in [4.78, 5) is 4.01. The molecule has 0 saturated carbocycles. The van der Waals surface area contributed by atoms with Crippen molar-refractivity contribution in [1.29, 1.82) is 0 Å². The van der Waals surface area contributed by atoms with Gasteiger partial charge in [-0.15, -0.1) is 11.3 Å². The molecule has 0 saturated heterocycles. The molecule has 2 nitrogen and oxygen atoms in total. The Bertz CT molecular complexity index is 386. The van der Waals surface area contributed by atoms with Gasteiger partial charge in [0.05, 0.1) is 9.83 Å². The van der Waals surface area contributed by atoms with Crippen molar-refractivity contribution in [2.45, 2.75) is 65.6 Å². The first-order chi connectivity index (χ1) is 9.40. The number of thiophene rings is 1. The minimum absolute atomic E-state index is 0.139. The third kappa shape index (κ3) is 4.83. The molecule has 1 heterocycles. The number of rotatable bonds is 8. The van der Waals surface area contributed by atoms with Gasteiger partial charge in [0, 0.05) is 23.5 Å². The van der Waals surface area contributed by atoms with E-state index in [-0.39, 0.29) is 6.04 Å². The Morgan fingerprint density at radius 1 is 1.20 bits per heavy atom. The van der Waals surface area contributed by atoms with E-state index in [2.05, 4.69) is 67.6 Å². The number of hydrogen-bond donors (Lipinski definition) is 1. The van der Waals surface area contributed by atoms with Crippen molar-refractivity contribution >= 4 is 27.3 Å². The van der Waals surface area contributed by atoms with Gasteiger partial charge in [0.25, 0.3) is 0 Å². The van der Waals surface area contributed by atoms with Crippen LogP contribution in [0.4, 0.5) is 0 Å². The van der Waals surface area contributed by atoms with Crippen LogP contribution < -0.4 is 5.73 Å². The summed E-state index contributed by atoms with van der Waals surface area (Å²) in [6, 6.07) is 5.42. The SMILES string of the molecule is CCC(CC)N(CC(C)C)C(c1ccc(Br)s1)C(C)N. The zero-order valence-corrected chi connectivity index (χ0v) is 15.8. The zero-order chi connectivity index (χ0) is 15.3. The molecule has 116 valence electrons. The van der Waals surface area contributed by atoms with Crippen molar-refractivity contribution < 1.29 is 0 Å². The van der Waals surface area contributed by atoms with Crippen LogP contribution in [-0.4, -0.2) is 23.5 Å². The van der Waals surface area contributed by atoms with Gasteiger partial charge in [0.2, 0.25) is 0 Å².